The topological polar surface area (TPSA) is 123 Å². The Kier molecular flexibility index (Phi) is 8.75. The van der Waals surface area contributed by atoms with Gasteiger partial charge in [0.25, 0.3) is 11.8 Å². The van der Waals surface area contributed by atoms with E-state index in [2.05, 4.69) is 15.6 Å². The van der Waals surface area contributed by atoms with Crippen LogP contribution in [0, 0.1) is 5.82 Å². The van der Waals surface area contributed by atoms with Crippen molar-refractivity contribution >= 4 is 29.2 Å². The smallest absolute Gasteiger partial charge is 0.338 e. The maximum Gasteiger partial charge on any atom is 0.338 e. The Morgan fingerprint density at radius 1 is 0.897 bits per heavy atom. The third kappa shape index (κ3) is 6.71. The molecule has 0 radical (unpaired) electrons. The van der Waals surface area contributed by atoms with Crippen LogP contribution in [0.2, 0.25) is 0 Å². The van der Waals surface area contributed by atoms with Crippen LogP contribution in [0.15, 0.2) is 85.2 Å². The van der Waals surface area contributed by atoms with Gasteiger partial charge in [0, 0.05) is 29.6 Å². The molecule has 0 spiro atoms. The van der Waals surface area contributed by atoms with Crippen LogP contribution in [0.4, 0.5) is 15.8 Å². The molecule has 0 aliphatic carbocycles. The van der Waals surface area contributed by atoms with Gasteiger partial charge in [-0.15, -0.1) is 0 Å². The molecule has 0 unspecified atom stereocenters. The Hall–Kier alpha value is -4.89. The molecule has 0 atom stereocenters. The molecule has 2 amide bonds. The number of nitrogens with two attached hydrogens (primary N) is 1. The normalized spacial score (nSPS) is 10.5. The highest BCUT2D eigenvalue weighted by Crippen LogP contribution is 2.28. The van der Waals surface area contributed by atoms with Crippen molar-refractivity contribution in [3.8, 4) is 11.1 Å². The van der Waals surface area contributed by atoms with Crippen LogP contribution in [0.3, 0.4) is 0 Å². The highest BCUT2D eigenvalue weighted by molar-refractivity contribution is 6.06. The first kappa shape index (κ1) is 27.2. The second-order valence-corrected chi connectivity index (χ2v) is 8.64. The van der Waals surface area contributed by atoms with E-state index in [1.165, 1.54) is 18.3 Å². The summed E-state index contributed by atoms with van der Waals surface area (Å²) in [4.78, 5) is 41.6. The number of benzene rings is 3. The number of pyridine rings is 1. The van der Waals surface area contributed by atoms with Crippen molar-refractivity contribution < 1.29 is 23.5 Å². The van der Waals surface area contributed by atoms with Gasteiger partial charge in [0.2, 0.25) is 0 Å². The lowest BCUT2D eigenvalue weighted by Crippen LogP contribution is -2.14. The SMILES string of the molecule is CCCOC(=O)c1cccc(C(=O)Nc2cccc(-c3cc(C(=O)Nc4ccncc4F)ccc3CN)c2)c1. The third-order valence-electron chi connectivity index (χ3n) is 5.84. The van der Waals surface area contributed by atoms with E-state index in [1.54, 1.807) is 54.6 Å². The van der Waals surface area contributed by atoms with E-state index in [1.807, 2.05) is 13.0 Å². The summed E-state index contributed by atoms with van der Waals surface area (Å²) in [6.45, 7) is 2.42. The monoisotopic (exact) mass is 526 g/mol. The Bertz CT molecular complexity index is 1520. The second-order valence-electron chi connectivity index (χ2n) is 8.64. The molecule has 8 nitrogen and oxygen atoms in total. The molecule has 4 N–H and O–H groups in total. The zero-order chi connectivity index (χ0) is 27.8. The summed E-state index contributed by atoms with van der Waals surface area (Å²) >= 11 is 0. The number of rotatable bonds is 9. The maximum atomic E-state index is 14.0. The molecular formula is C30H27FN4O4. The predicted octanol–water partition coefficient (Wildman–Crippen LogP) is 5.42. The van der Waals surface area contributed by atoms with Crippen molar-refractivity contribution in [2.75, 3.05) is 17.2 Å². The molecule has 39 heavy (non-hydrogen) atoms. The van der Waals surface area contributed by atoms with Crippen LogP contribution in [-0.4, -0.2) is 29.4 Å². The second kappa shape index (κ2) is 12.6. The van der Waals surface area contributed by atoms with E-state index in [0.29, 0.717) is 41.0 Å². The third-order valence-corrected chi connectivity index (χ3v) is 5.84. The quantitative estimate of drug-likeness (QED) is 0.250. The summed E-state index contributed by atoms with van der Waals surface area (Å²) in [5.74, 6) is -2.02. The van der Waals surface area contributed by atoms with Crippen LogP contribution in [0.1, 0.15) is 50.0 Å². The van der Waals surface area contributed by atoms with Crippen LogP contribution >= 0.6 is 0 Å². The molecule has 0 saturated heterocycles. The molecule has 0 aliphatic heterocycles. The summed E-state index contributed by atoms with van der Waals surface area (Å²) in [5, 5.41) is 5.39. The van der Waals surface area contributed by atoms with Crippen LogP contribution < -0.4 is 16.4 Å². The number of esters is 1. The number of hydrogen-bond donors (Lipinski definition) is 3. The van der Waals surface area contributed by atoms with E-state index in [4.69, 9.17) is 10.5 Å². The molecule has 0 saturated carbocycles. The van der Waals surface area contributed by atoms with Gasteiger partial charge in [-0.05, 0) is 71.6 Å². The number of amides is 2. The van der Waals surface area contributed by atoms with Crippen molar-refractivity contribution in [1.82, 2.24) is 4.98 Å². The van der Waals surface area contributed by atoms with Gasteiger partial charge < -0.3 is 21.1 Å². The molecule has 4 rings (SSSR count). The van der Waals surface area contributed by atoms with E-state index >= 15 is 0 Å². The lowest BCUT2D eigenvalue weighted by Gasteiger charge is -2.13. The summed E-state index contributed by atoms with van der Waals surface area (Å²) in [6, 6.07) is 19.8. The summed E-state index contributed by atoms with van der Waals surface area (Å²) in [6.07, 6.45) is 3.10. The summed E-state index contributed by atoms with van der Waals surface area (Å²) in [5.41, 5.74) is 9.57. The number of hydrogen-bond acceptors (Lipinski definition) is 6. The molecule has 3 aromatic carbocycles. The number of nitrogens with one attached hydrogen (secondary N) is 2. The fourth-order valence-electron chi connectivity index (χ4n) is 3.87. The van der Waals surface area contributed by atoms with Gasteiger partial charge >= 0.3 is 5.97 Å². The average molecular weight is 527 g/mol. The molecule has 1 heterocycles. The lowest BCUT2D eigenvalue weighted by atomic mass is 9.96. The fraction of sp³-hybridized carbons (Fsp3) is 0.133. The molecule has 4 aromatic rings. The fourth-order valence-corrected chi connectivity index (χ4v) is 3.87. The first-order valence-corrected chi connectivity index (χ1v) is 12.3. The number of halogens is 1. The molecule has 198 valence electrons. The zero-order valence-electron chi connectivity index (χ0n) is 21.2. The highest BCUT2D eigenvalue weighted by Gasteiger charge is 2.15. The van der Waals surface area contributed by atoms with Gasteiger partial charge in [0.05, 0.1) is 24.1 Å². The number of carbonyl (C=O) groups is 3. The first-order valence-electron chi connectivity index (χ1n) is 12.3. The molecule has 9 heteroatoms. The lowest BCUT2D eigenvalue weighted by molar-refractivity contribution is 0.0505. The van der Waals surface area contributed by atoms with Crippen LogP contribution in [0.5, 0.6) is 0 Å². The zero-order valence-corrected chi connectivity index (χ0v) is 21.2. The van der Waals surface area contributed by atoms with E-state index < -0.39 is 23.6 Å². The van der Waals surface area contributed by atoms with Crippen LogP contribution in [-0.2, 0) is 11.3 Å². The standard InChI is InChI=1S/C30H27FN4O4/c1-2-13-39-30(38)22-7-3-6-20(14-22)28(36)34-24-8-4-5-19(15-24)25-16-21(9-10-23(25)17-32)29(37)35-27-11-12-33-18-26(27)31/h3-12,14-16,18H,2,13,17,32H2,1H3,(H,34,36)(H,33,35,37). The van der Waals surface area contributed by atoms with E-state index in [-0.39, 0.29) is 12.2 Å². The number of carbonyl (C=O) groups excluding carboxylic acids is 3. The molecule has 1 aromatic heterocycles. The summed E-state index contributed by atoms with van der Waals surface area (Å²) < 4.78 is 19.1. The minimum absolute atomic E-state index is 0.0202. The van der Waals surface area contributed by atoms with Crippen molar-refractivity contribution in [3.63, 3.8) is 0 Å². The number of nitrogens with zero attached hydrogens (tertiary/aromatic N) is 1. The Labute approximate surface area is 225 Å². The predicted molar refractivity (Wildman–Crippen MR) is 147 cm³/mol. The number of aromatic nitrogens is 1. The summed E-state index contributed by atoms with van der Waals surface area (Å²) in [7, 11) is 0. The highest BCUT2D eigenvalue weighted by atomic mass is 19.1. The van der Waals surface area contributed by atoms with E-state index in [9.17, 15) is 18.8 Å². The minimum Gasteiger partial charge on any atom is -0.462 e. The van der Waals surface area contributed by atoms with Crippen molar-refractivity contribution in [1.29, 1.82) is 0 Å². The van der Waals surface area contributed by atoms with Crippen molar-refractivity contribution in [2.45, 2.75) is 19.9 Å². The minimum atomic E-state index is -0.642. The Morgan fingerprint density at radius 2 is 1.64 bits per heavy atom. The molecule has 0 bridgehead atoms. The molecular weight excluding hydrogens is 499 g/mol. The Morgan fingerprint density at radius 3 is 2.41 bits per heavy atom. The Balaban J connectivity index is 1.56. The van der Waals surface area contributed by atoms with Gasteiger partial charge in [0.15, 0.2) is 5.82 Å². The number of anilines is 2. The van der Waals surface area contributed by atoms with Gasteiger partial charge in [-0.2, -0.15) is 0 Å². The van der Waals surface area contributed by atoms with Crippen molar-refractivity contribution in [2.24, 2.45) is 5.73 Å². The van der Waals surface area contributed by atoms with Crippen molar-refractivity contribution in [3.05, 3.63) is 113 Å². The number of ether oxygens (including phenoxy) is 1. The van der Waals surface area contributed by atoms with Gasteiger partial charge in [-0.3, -0.25) is 14.6 Å². The maximum absolute atomic E-state index is 14.0. The van der Waals surface area contributed by atoms with E-state index in [0.717, 1.165) is 17.3 Å². The molecule has 0 aliphatic rings. The first-order chi connectivity index (χ1) is 18.9. The van der Waals surface area contributed by atoms with Crippen LogP contribution in [0.25, 0.3) is 11.1 Å². The van der Waals surface area contributed by atoms with Gasteiger partial charge in [-0.1, -0.05) is 31.2 Å². The van der Waals surface area contributed by atoms with Gasteiger partial charge in [-0.25, -0.2) is 9.18 Å². The largest absolute Gasteiger partial charge is 0.462 e. The van der Waals surface area contributed by atoms with Gasteiger partial charge in [0.1, 0.15) is 0 Å². The molecule has 0 fully saturated rings. The average Bonchev–Trinajstić information content (AvgIpc) is 2.96.